The summed E-state index contributed by atoms with van der Waals surface area (Å²) < 4.78 is 1.51. The lowest BCUT2D eigenvalue weighted by molar-refractivity contribution is -0.384. The van der Waals surface area contributed by atoms with Crippen LogP contribution in [0.2, 0.25) is 0 Å². The molecule has 0 aliphatic carbocycles. The van der Waals surface area contributed by atoms with Gasteiger partial charge < -0.3 is 10.4 Å². The van der Waals surface area contributed by atoms with Crippen molar-refractivity contribution in [3.8, 4) is 5.69 Å². The summed E-state index contributed by atoms with van der Waals surface area (Å²) in [4.78, 5) is 32.8. The molecule has 1 atom stereocenters. The predicted molar refractivity (Wildman–Crippen MR) is 104 cm³/mol. The zero-order valence-corrected chi connectivity index (χ0v) is 16.1. The van der Waals surface area contributed by atoms with Crippen LogP contribution in [0.3, 0.4) is 0 Å². The molecule has 2 heterocycles. The molecule has 1 aromatic carbocycles. The molecule has 1 aliphatic heterocycles. The molecule has 2 aromatic rings. The molecule has 1 fully saturated rings. The molecule has 3 rings (SSSR count). The molecule has 2 N–H and O–H groups in total. The molecular weight excluding hydrogens is 402 g/mol. The molecular formula is C16H15N7O5S. The van der Waals surface area contributed by atoms with Gasteiger partial charge in [-0.05, 0) is 26.0 Å². The van der Waals surface area contributed by atoms with Crippen molar-refractivity contribution in [2.24, 2.45) is 10.2 Å². The maximum Gasteiger partial charge on any atom is 0.305 e. The number of non-ortho nitro benzene ring substituents is 1. The number of nitro groups is 1. The van der Waals surface area contributed by atoms with Crippen molar-refractivity contribution in [3.05, 3.63) is 45.8 Å². The molecule has 1 aliphatic rings. The number of nitrogens with one attached hydrogen (secondary N) is 1. The standard InChI is InChI=1S/C16H15N7O5S/c1-8(18-20-16-17-15(26)12(29-16)7-13(24)25)14-9(2)22(21-19-14)10-3-5-11(6-4-10)23(27)28/h3-6,12H,7H2,1-2H3,(H,24,25)(H,17,20,26)/b18-8+. The minimum atomic E-state index is -1.07. The van der Waals surface area contributed by atoms with Crippen molar-refractivity contribution in [1.82, 2.24) is 20.3 Å². The number of carboxylic acid groups (broad SMARTS) is 1. The Morgan fingerprint density at radius 1 is 1.41 bits per heavy atom. The van der Waals surface area contributed by atoms with E-state index in [1.807, 2.05) is 0 Å². The van der Waals surface area contributed by atoms with Crippen LogP contribution in [0.1, 0.15) is 24.7 Å². The van der Waals surface area contributed by atoms with E-state index >= 15 is 0 Å². The number of nitrogens with zero attached hydrogens (tertiary/aromatic N) is 6. The molecule has 12 nitrogen and oxygen atoms in total. The van der Waals surface area contributed by atoms with Gasteiger partial charge in [-0.2, -0.15) is 5.10 Å². The van der Waals surface area contributed by atoms with Crippen molar-refractivity contribution < 1.29 is 19.6 Å². The van der Waals surface area contributed by atoms with Gasteiger partial charge in [-0.25, -0.2) is 4.68 Å². The van der Waals surface area contributed by atoms with Crippen molar-refractivity contribution in [2.75, 3.05) is 0 Å². The zero-order valence-electron chi connectivity index (χ0n) is 15.3. The van der Waals surface area contributed by atoms with Crippen LogP contribution in [-0.4, -0.2) is 53.0 Å². The van der Waals surface area contributed by atoms with Crippen LogP contribution in [0.5, 0.6) is 0 Å². The van der Waals surface area contributed by atoms with Crippen LogP contribution in [-0.2, 0) is 9.59 Å². The third-order valence-electron chi connectivity index (χ3n) is 3.97. The van der Waals surface area contributed by atoms with Gasteiger partial charge in [0.25, 0.3) is 5.69 Å². The molecule has 0 radical (unpaired) electrons. The number of aromatic nitrogens is 3. The van der Waals surface area contributed by atoms with Crippen LogP contribution >= 0.6 is 11.8 Å². The van der Waals surface area contributed by atoms with E-state index in [0.717, 1.165) is 11.8 Å². The van der Waals surface area contributed by atoms with Gasteiger partial charge in [-0.1, -0.05) is 17.0 Å². The molecule has 0 spiro atoms. The number of amidine groups is 1. The van der Waals surface area contributed by atoms with Gasteiger partial charge in [-0.15, -0.1) is 10.2 Å². The summed E-state index contributed by atoms with van der Waals surface area (Å²) in [6.45, 7) is 3.43. The summed E-state index contributed by atoms with van der Waals surface area (Å²) in [5.74, 6) is -1.50. The fourth-order valence-corrected chi connectivity index (χ4v) is 3.45. The highest BCUT2D eigenvalue weighted by molar-refractivity contribution is 8.15. The number of hydrogen-bond donors (Lipinski definition) is 2. The fraction of sp³-hybridized carbons (Fsp3) is 0.250. The van der Waals surface area contributed by atoms with Crippen LogP contribution in [0.15, 0.2) is 34.5 Å². The van der Waals surface area contributed by atoms with E-state index in [4.69, 9.17) is 5.11 Å². The third-order valence-corrected chi connectivity index (χ3v) is 5.04. The number of carbonyl (C=O) groups is 2. The number of thioether (sulfide) groups is 1. The lowest BCUT2D eigenvalue weighted by Gasteiger charge is -2.03. The van der Waals surface area contributed by atoms with Gasteiger partial charge in [0, 0.05) is 12.1 Å². The lowest BCUT2D eigenvalue weighted by Crippen LogP contribution is -2.26. The smallest absolute Gasteiger partial charge is 0.305 e. The average molecular weight is 417 g/mol. The van der Waals surface area contributed by atoms with E-state index in [2.05, 4.69) is 25.8 Å². The van der Waals surface area contributed by atoms with Gasteiger partial charge >= 0.3 is 5.97 Å². The minimum Gasteiger partial charge on any atom is -0.481 e. The molecule has 13 heteroatoms. The average Bonchev–Trinajstić information content (AvgIpc) is 3.22. The number of nitro benzene ring substituents is 1. The predicted octanol–water partition coefficient (Wildman–Crippen LogP) is 1.27. The summed E-state index contributed by atoms with van der Waals surface area (Å²) in [5.41, 5.74) is 2.11. The van der Waals surface area contributed by atoms with Crippen LogP contribution in [0.4, 0.5) is 5.69 Å². The van der Waals surface area contributed by atoms with Gasteiger partial charge in [-0.3, -0.25) is 19.7 Å². The van der Waals surface area contributed by atoms with Gasteiger partial charge in [0.1, 0.15) is 10.9 Å². The van der Waals surface area contributed by atoms with Crippen LogP contribution in [0, 0.1) is 17.0 Å². The van der Waals surface area contributed by atoms with Gasteiger partial charge in [0.2, 0.25) is 5.91 Å². The maximum atomic E-state index is 11.7. The van der Waals surface area contributed by atoms with E-state index in [1.165, 1.54) is 16.8 Å². The molecule has 0 saturated carbocycles. The summed E-state index contributed by atoms with van der Waals surface area (Å²) in [5, 5.41) is 37.6. The quantitative estimate of drug-likeness (QED) is 0.403. The van der Waals surface area contributed by atoms with E-state index in [1.54, 1.807) is 26.0 Å². The summed E-state index contributed by atoms with van der Waals surface area (Å²) in [6.07, 6.45) is -0.305. The molecule has 1 unspecified atom stereocenters. The Kier molecular flexibility index (Phi) is 5.68. The van der Waals surface area contributed by atoms with Crippen molar-refractivity contribution >= 4 is 40.2 Å². The van der Waals surface area contributed by atoms with Crippen molar-refractivity contribution in [3.63, 3.8) is 0 Å². The SMILES string of the molecule is C/C(=N\N=C1/NC(=O)C(CC(=O)O)S1)c1nnn(-c2ccc([N+](=O)[O-])cc2)c1C. The Bertz CT molecular complexity index is 1040. The van der Waals surface area contributed by atoms with Crippen molar-refractivity contribution in [1.29, 1.82) is 0 Å². The lowest BCUT2D eigenvalue weighted by atomic mass is 10.2. The molecule has 29 heavy (non-hydrogen) atoms. The first-order valence-electron chi connectivity index (χ1n) is 8.25. The first-order chi connectivity index (χ1) is 13.8. The summed E-state index contributed by atoms with van der Waals surface area (Å²) in [7, 11) is 0. The second-order valence-corrected chi connectivity index (χ2v) is 7.18. The largest absolute Gasteiger partial charge is 0.481 e. The maximum absolute atomic E-state index is 11.7. The zero-order chi connectivity index (χ0) is 21.1. The highest BCUT2D eigenvalue weighted by atomic mass is 32.2. The van der Waals surface area contributed by atoms with Crippen LogP contribution in [0.25, 0.3) is 5.69 Å². The first-order valence-corrected chi connectivity index (χ1v) is 9.13. The molecule has 1 aromatic heterocycles. The third kappa shape index (κ3) is 4.45. The number of carbonyl (C=O) groups excluding carboxylic acids is 1. The number of rotatable bonds is 6. The number of aliphatic carboxylic acids is 1. The Morgan fingerprint density at radius 2 is 2.10 bits per heavy atom. The van der Waals surface area contributed by atoms with E-state index < -0.39 is 22.0 Å². The Morgan fingerprint density at radius 3 is 2.72 bits per heavy atom. The monoisotopic (exact) mass is 417 g/mol. The van der Waals surface area contributed by atoms with E-state index in [0.29, 0.717) is 22.8 Å². The topological polar surface area (TPSA) is 165 Å². The fourth-order valence-electron chi connectivity index (χ4n) is 2.54. The molecule has 0 bridgehead atoms. The van der Waals surface area contributed by atoms with Crippen molar-refractivity contribution in [2.45, 2.75) is 25.5 Å². The van der Waals surface area contributed by atoms with E-state index in [9.17, 15) is 19.7 Å². The second kappa shape index (κ2) is 8.18. The summed E-state index contributed by atoms with van der Waals surface area (Å²) in [6, 6.07) is 5.86. The highest BCUT2D eigenvalue weighted by Crippen LogP contribution is 2.22. The summed E-state index contributed by atoms with van der Waals surface area (Å²) >= 11 is 0.999. The molecule has 150 valence electrons. The normalized spacial score (nSPS) is 18.1. The minimum absolute atomic E-state index is 0.0300. The highest BCUT2D eigenvalue weighted by Gasteiger charge is 2.32. The first kappa shape index (κ1) is 20.1. The Balaban J connectivity index is 1.78. The number of carboxylic acids is 1. The Hall–Kier alpha value is -3.61. The molecule has 1 saturated heterocycles. The second-order valence-electron chi connectivity index (χ2n) is 5.99. The number of amides is 1. The van der Waals surface area contributed by atoms with Gasteiger partial charge in [0.05, 0.1) is 28.4 Å². The molecule has 1 amide bonds. The Labute approximate surface area is 167 Å². The van der Waals surface area contributed by atoms with E-state index in [-0.39, 0.29) is 17.3 Å². The van der Waals surface area contributed by atoms with Crippen LogP contribution < -0.4 is 5.32 Å². The number of benzene rings is 1. The number of hydrogen-bond acceptors (Lipinski definition) is 9. The van der Waals surface area contributed by atoms with Gasteiger partial charge in [0.15, 0.2) is 5.17 Å².